The summed E-state index contributed by atoms with van der Waals surface area (Å²) in [5, 5.41) is 8.67. The number of unbranched alkanes of at least 4 members (excludes halogenated alkanes) is 6. The molecule has 5 heteroatoms. The van der Waals surface area contributed by atoms with Gasteiger partial charge in [-0.15, -0.1) is 0 Å². The quantitative estimate of drug-likeness (QED) is 0.437. The Morgan fingerprint density at radius 3 is 2.11 bits per heavy atom. The Bertz CT molecular complexity index is 730. The molecule has 1 heterocycles. The molecule has 28 heavy (non-hydrogen) atoms. The number of aromatic nitrogens is 2. The normalized spacial score (nSPS) is 11.7. The number of nitrogens with zero attached hydrogens (tertiary/aromatic N) is 3. The Morgan fingerprint density at radius 2 is 1.46 bits per heavy atom. The van der Waals surface area contributed by atoms with Crippen LogP contribution in [0.25, 0.3) is 11.0 Å². The van der Waals surface area contributed by atoms with Crippen LogP contribution in [0.2, 0.25) is 0 Å². The molecule has 2 rings (SSSR count). The molecule has 158 valence electrons. The molecule has 0 fully saturated rings. The van der Waals surface area contributed by atoms with E-state index in [4.69, 9.17) is 10.1 Å². The van der Waals surface area contributed by atoms with E-state index in [0.717, 1.165) is 50.2 Å². The molecule has 1 aromatic carbocycles. The number of hydrogen-bond acceptors (Lipinski definition) is 3. The first-order valence-electron chi connectivity index (χ1n) is 11.3. The standard InChI is InChI=1S/C23H40N4O/c1-4-7-8-9-10-11-14-19-28-20-27-22-16-13-12-15-21(22)26(23(27)24)18-17-25(5-2)6-3/h12-13,15-16,24H,4-11,14,17-20H2,1-3H3. The Balaban J connectivity index is 1.90. The predicted molar refractivity (Wildman–Crippen MR) is 118 cm³/mol. The maximum atomic E-state index is 8.67. The molecule has 1 aromatic heterocycles. The van der Waals surface area contributed by atoms with Crippen LogP contribution >= 0.6 is 0 Å². The molecule has 2 aromatic rings. The molecule has 0 bridgehead atoms. The summed E-state index contributed by atoms with van der Waals surface area (Å²) < 4.78 is 10.1. The Kier molecular flexibility index (Phi) is 10.4. The fourth-order valence-electron chi connectivity index (χ4n) is 3.75. The average molecular weight is 389 g/mol. The van der Waals surface area contributed by atoms with E-state index in [0.29, 0.717) is 12.3 Å². The fraction of sp³-hybridized carbons (Fsp3) is 0.696. The third-order valence-electron chi connectivity index (χ3n) is 5.62. The van der Waals surface area contributed by atoms with Gasteiger partial charge in [0.05, 0.1) is 11.0 Å². The van der Waals surface area contributed by atoms with Gasteiger partial charge in [-0.1, -0.05) is 71.4 Å². The van der Waals surface area contributed by atoms with Crippen LogP contribution in [0.15, 0.2) is 24.3 Å². The summed E-state index contributed by atoms with van der Waals surface area (Å²) >= 11 is 0. The van der Waals surface area contributed by atoms with Crippen molar-refractivity contribution in [1.82, 2.24) is 14.0 Å². The van der Waals surface area contributed by atoms with E-state index in [1.165, 1.54) is 38.5 Å². The summed E-state index contributed by atoms with van der Waals surface area (Å²) in [6, 6.07) is 8.31. The second-order valence-electron chi connectivity index (χ2n) is 7.58. The summed E-state index contributed by atoms with van der Waals surface area (Å²) in [6.07, 6.45) is 9.04. The van der Waals surface area contributed by atoms with E-state index in [-0.39, 0.29) is 0 Å². The number of fused-ring (bicyclic) bond motifs is 1. The predicted octanol–water partition coefficient (Wildman–Crippen LogP) is 4.99. The Labute approximate surface area is 170 Å². The molecule has 0 saturated carbocycles. The largest absolute Gasteiger partial charge is 0.361 e. The summed E-state index contributed by atoms with van der Waals surface area (Å²) in [5.74, 6) is 0. The van der Waals surface area contributed by atoms with Gasteiger partial charge < -0.3 is 14.2 Å². The highest BCUT2D eigenvalue weighted by Gasteiger charge is 2.11. The van der Waals surface area contributed by atoms with Crippen molar-refractivity contribution in [3.05, 3.63) is 29.9 Å². The molecule has 0 atom stereocenters. The lowest BCUT2D eigenvalue weighted by molar-refractivity contribution is 0.0728. The van der Waals surface area contributed by atoms with E-state index < -0.39 is 0 Å². The van der Waals surface area contributed by atoms with E-state index in [1.807, 2.05) is 10.6 Å². The maximum absolute atomic E-state index is 8.67. The van der Waals surface area contributed by atoms with Crippen molar-refractivity contribution >= 4 is 11.0 Å². The number of nitrogens with one attached hydrogen (secondary N) is 1. The molecule has 0 aliphatic heterocycles. The molecule has 0 aliphatic rings. The number of benzene rings is 1. The van der Waals surface area contributed by atoms with E-state index in [9.17, 15) is 0 Å². The van der Waals surface area contributed by atoms with Gasteiger partial charge in [0.25, 0.3) is 0 Å². The zero-order chi connectivity index (χ0) is 20.2. The first-order valence-corrected chi connectivity index (χ1v) is 11.3. The van der Waals surface area contributed by atoms with Crippen molar-refractivity contribution in [2.45, 2.75) is 79.0 Å². The molecule has 0 aliphatic carbocycles. The lowest BCUT2D eigenvalue weighted by Crippen LogP contribution is -2.32. The molecule has 0 amide bonds. The average Bonchev–Trinajstić information content (AvgIpc) is 2.99. The number of ether oxygens (including phenoxy) is 1. The monoisotopic (exact) mass is 388 g/mol. The zero-order valence-corrected chi connectivity index (χ0v) is 18.3. The van der Waals surface area contributed by atoms with Crippen molar-refractivity contribution in [2.75, 3.05) is 26.2 Å². The highest BCUT2D eigenvalue weighted by Crippen LogP contribution is 2.13. The van der Waals surface area contributed by atoms with Crippen LogP contribution in [-0.2, 0) is 18.0 Å². The highest BCUT2D eigenvalue weighted by atomic mass is 16.5. The highest BCUT2D eigenvalue weighted by molar-refractivity contribution is 5.75. The molecule has 0 unspecified atom stereocenters. The summed E-state index contributed by atoms with van der Waals surface area (Å²) in [6.45, 7) is 11.8. The lowest BCUT2D eigenvalue weighted by Gasteiger charge is -2.18. The van der Waals surface area contributed by atoms with Gasteiger partial charge in [0.1, 0.15) is 6.73 Å². The van der Waals surface area contributed by atoms with Gasteiger partial charge in [0.2, 0.25) is 5.62 Å². The minimum atomic E-state index is 0.466. The van der Waals surface area contributed by atoms with Crippen LogP contribution < -0.4 is 5.62 Å². The van der Waals surface area contributed by atoms with Crippen LogP contribution in [0, 0.1) is 5.41 Å². The molecule has 0 spiro atoms. The number of para-hydroxylation sites is 2. The minimum Gasteiger partial charge on any atom is -0.361 e. The third-order valence-corrected chi connectivity index (χ3v) is 5.62. The first-order chi connectivity index (χ1) is 13.7. The number of rotatable bonds is 15. The zero-order valence-electron chi connectivity index (χ0n) is 18.3. The van der Waals surface area contributed by atoms with Crippen LogP contribution in [0.5, 0.6) is 0 Å². The van der Waals surface area contributed by atoms with Gasteiger partial charge in [-0.2, -0.15) is 0 Å². The maximum Gasteiger partial charge on any atom is 0.204 e. The summed E-state index contributed by atoms with van der Waals surface area (Å²) in [5.41, 5.74) is 2.75. The molecular weight excluding hydrogens is 348 g/mol. The van der Waals surface area contributed by atoms with Gasteiger partial charge in [-0.05, 0) is 31.6 Å². The van der Waals surface area contributed by atoms with Gasteiger partial charge >= 0.3 is 0 Å². The topological polar surface area (TPSA) is 46.2 Å². The van der Waals surface area contributed by atoms with Gasteiger partial charge in [0.15, 0.2) is 0 Å². The fourth-order valence-corrected chi connectivity index (χ4v) is 3.75. The molecular formula is C23H40N4O. The molecule has 5 nitrogen and oxygen atoms in total. The van der Waals surface area contributed by atoms with Gasteiger partial charge in [0, 0.05) is 19.7 Å². The van der Waals surface area contributed by atoms with Crippen LogP contribution in [0.1, 0.15) is 65.7 Å². The smallest absolute Gasteiger partial charge is 0.204 e. The van der Waals surface area contributed by atoms with Crippen LogP contribution in [-0.4, -0.2) is 40.3 Å². The van der Waals surface area contributed by atoms with Crippen molar-refractivity contribution in [2.24, 2.45) is 0 Å². The third kappa shape index (κ3) is 6.49. The van der Waals surface area contributed by atoms with E-state index in [1.54, 1.807) is 0 Å². The molecule has 0 radical (unpaired) electrons. The Hall–Kier alpha value is -1.59. The number of likely N-dealkylation sites (N-methyl/N-ethyl adjacent to an activating group) is 1. The van der Waals surface area contributed by atoms with Crippen molar-refractivity contribution in [3.8, 4) is 0 Å². The number of hydrogen-bond donors (Lipinski definition) is 1. The summed E-state index contributed by atoms with van der Waals surface area (Å²) in [7, 11) is 0. The van der Waals surface area contributed by atoms with Crippen LogP contribution in [0.4, 0.5) is 0 Å². The Morgan fingerprint density at radius 1 is 0.857 bits per heavy atom. The summed E-state index contributed by atoms with van der Waals surface area (Å²) in [4.78, 5) is 2.40. The van der Waals surface area contributed by atoms with Crippen LogP contribution in [0.3, 0.4) is 0 Å². The second-order valence-corrected chi connectivity index (χ2v) is 7.58. The van der Waals surface area contributed by atoms with Gasteiger partial charge in [-0.3, -0.25) is 9.98 Å². The van der Waals surface area contributed by atoms with Crippen molar-refractivity contribution < 1.29 is 4.74 Å². The second kappa shape index (κ2) is 12.8. The SMILES string of the molecule is CCCCCCCCCOCn1c(=N)n(CCN(CC)CC)c2ccccc21. The first kappa shape index (κ1) is 22.7. The van der Waals surface area contributed by atoms with E-state index >= 15 is 0 Å². The van der Waals surface area contributed by atoms with E-state index in [2.05, 4.69) is 48.4 Å². The number of imidazole rings is 1. The minimum absolute atomic E-state index is 0.466. The van der Waals surface area contributed by atoms with Crippen molar-refractivity contribution in [1.29, 1.82) is 5.41 Å². The van der Waals surface area contributed by atoms with Gasteiger partial charge in [-0.25, -0.2) is 0 Å². The lowest BCUT2D eigenvalue weighted by atomic mass is 10.1. The van der Waals surface area contributed by atoms with Crippen molar-refractivity contribution in [3.63, 3.8) is 0 Å². The molecule has 0 saturated heterocycles. The molecule has 1 N–H and O–H groups in total.